The Bertz CT molecular complexity index is 284. The minimum absolute atomic E-state index is 0.663. The second-order valence-corrected chi connectivity index (χ2v) is 3.84. The molecule has 0 amide bonds. The molecule has 13 heavy (non-hydrogen) atoms. The fraction of sp³-hybridized carbons (Fsp3) is 0.778. The van der Waals surface area contributed by atoms with Crippen LogP contribution in [0.2, 0.25) is 0 Å². The molecule has 0 spiro atoms. The number of rotatable bonds is 3. The zero-order valence-electron chi connectivity index (χ0n) is 8.08. The van der Waals surface area contributed by atoms with E-state index in [4.69, 9.17) is 0 Å². The second-order valence-electron chi connectivity index (χ2n) is 3.84. The zero-order chi connectivity index (χ0) is 9.26. The Hall–Kier alpha value is -0.900. The zero-order valence-corrected chi connectivity index (χ0v) is 8.08. The molecule has 1 aliphatic rings. The highest BCUT2D eigenvalue weighted by Gasteiger charge is 2.26. The van der Waals surface area contributed by atoms with Crippen LogP contribution in [-0.2, 0) is 6.54 Å². The smallest absolute Gasteiger partial charge is 0.121 e. The summed E-state index contributed by atoms with van der Waals surface area (Å²) in [6.07, 6.45) is 2.62. The van der Waals surface area contributed by atoms with Crippen LogP contribution in [0, 0.1) is 12.8 Å². The van der Waals surface area contributed by atoms with Crippen molar-refractivity contribution in [3.8, 4) is 0 Å². The lowest BCUT2D eigenvalue weighted by atomic mass is 9.81. The van der Waals surface area contributed by atoms with Gasteiger partial charge in [-0.05, 0) is 25.7 Å². The van der Waals surface area contributed by atoms with Crippen LogP contribution in [0.3, 0.4) is 0 Å². The molecule has 0 radical (unpaired) electrons. The highest BCUT2D eigenvalue weighted by atomic mass is 16.6. The molecule has 0 aliphatic heterocycles. The van der Waals surface area contributed by atoms with E-state index in [0.717, 1.165) is 23.9 Å². The lowest BCUT2D eigenvalue weighted by Crippen LogP contribution is -2.42. The number of hydrogen-bond acceptors (Lipinski definition) is 4. The van der Waals surface area contributed by atoms with E-state index in [1.54, 1.807) is 0 Å². The summed E-state index contributed by atoms with van der Waals surface area (Å²) in [4.78, 5) is 0. The molecule has 2 atom stereocenters. The third kappa shape index (κ3) is 1.72. The molecular formula is C9H15N3O. The van der Waals surface area contributed by atoms with Crippen LogP contribution in [0.4, 0.5) is 0 Å². The Balaban J connectivity index is 1.83. The molecule has 1 heterocycles. The van der Waals surface area contributed by atoms with Gasteiger partial charge in [0.1, 0.15) is 11.4 Å². The summed E-state index contributed by atoms with van der Waals surface area (Å²) >= 11 is 0. The molecule has 1 aromatic heterocycles. The summed E-state index contributed by atoms with van der Waals surface area (Å²) < 4.78 is 4.62. The standard InChI is InChI=1S/C9H15N3O/c1-6-3-4-8(6)10-5-9-7(2)11-13-12-9/h6,8,10H,3-5H2,1-2H3. The van der Waals surface area contributed by atoms with Crippen LogP contribution in [0.15, 0.2) is 4.63 Å². The Kier molecular flexibility index (Phi) is 2.31. The summed E-state index contributed by atoms with van der Waals surface area (Å²) in [5, 5.41) is 11.0. The first-order valence-electron chi connectivity index (χ1n) is 4.79. The van der Waals surface area contributed by atoms with Gasteiger partial charge in [-0.15, -0.1) is 0 Å². The van der Waals surface area contributed by atoms with Crippen molar-refractivity contribution in [1.82, 2.24) is 15.6 Å². The van der Waals surface area contributed by atoms with Crippen molar-refractivity contribution in [2.75, 3.05) is 0 Å². The minimum Gasteiger partial charge on any atom is -0.308 e. The van der Waals surface area contributed by atoms with Gasteiger partial charge in [0.05, 0.1) is 0 Å². The molecule has 1 saturated carbocycles. The molecule has 2 rings (SSSR count). The van der Waals surface area contributed by atoms with E-state index in [0.29, 0.717) is 6.04 Å². The van der Waals surface area contributed by atoms with Gasteiger partial charge < -0.3 is 5.32 Å². The molecule has 0 bridgehead atoms. The molecule has 72 valence electrons. The van der Waals surface area contributed by atoms with Crippen LogP contribution in [0.5, 0.6) is 0 Å². The Morgan fingerprint density at radius 3 is 2.77 bits per heavy atom. The van der Waals surface area contributed by atoms with Crippen LogP contribution < -0.4 is 5.32 Å². The van der Waals surface area contributed by atoms with Crippen molar-refractivity contribution >= 4 is 0 Å². The molecule has 2 unspecified atom stereocenters. The average Bonchev–Trinajstić information content (AvgIpc) is 2.50. The van der Waals surface area contributed by atoms with E-state index >= 15 is 0 Å². The van der Waals surface area contributed by atoms with Crippen molar-refractivity contribution in [2.45, 2.75) is 39.3 Å². The first-order valence-corrected chi connectivity index (χ1v) is 4.79. The highest BCUT2D eigenvalue weighted by Crippen LogP contribution is 2.26. The molecule has 1 aromatic rings. The Morgan fingerprint density at radius 2 is 2.31 bits per heavy atom. The molecule has 1 fully saturated rings. The quantitative estimate of drug-likeness (QED) is 0.762. The van der Waals surface area contributed by atoms with E-state index in [2.05, 4.69) is 27.2 Å². The predicted octanol–water partition coefficient (Wildman–Crippen LogP) is 1.27. The van der Waals surface area contributed by atoms with Crippen LogP contribution in [-0.4, -0.2) is 16.4 Å². The monoisotopic (exact) mass is 181 g/mol. The lowest BCUT2D eigenvalue weighted by Gasteiger charge is -2.34. The largest absolute Gasteiger partial charge is 0.308 e. The van der Waals surface area contributed by atoms with Crippen LogP contribution in [0.25, 0.3) is 0 Å². The van der Waals surface area contributed by atoms with Gasteiger partial charge in [0.25, 0.3) is 0 Å². The van der Waals surface area contributed by atoms with E-state index in [1.807, 2.05) is 6.92 Å². The summed E-state index contributed by atoms with van der Waals surface area (Å²) in [7, 11) is 0. The number of nitrogens with one attached hydrogen (secondary N) is 1. The maximum absolute atomic E-state index is 4.62. The maximum atomic E-state index is 4.62. The third-order valence-electron chi connectivity index (χ3n) is 2.90. The van der Waals surface area contributed by atoms with Gasteiger partial charge >= 0.3 is 0 Å². The normalized spacial score (nSPS) is 27.2. The van der Waals surface area contributed by atoms with Crippen molar-refractivity contribution in [2.24, 2.45) is 5.92 Å². The van der Waals surface area contributed by atoms with Crippen LogP contribution in [0.1, 0.15) is 31.2 Å². The van der Waals surface area contributed by atoms with E-state index < -0.39 is 0 Å². The molecule has 4 nitrogen and oxygen atoms in total. The SMILES string of the molecule is Cc1nonc1CNC1CCC1C. The molecular weight excluding hydrogens is 166 g/mol. The summed E-state index contributed by atoms with van der Waals surface area (Å²) in [5.74, 6) is 0.806. The molecule has 4 heteroatoms. The maximum Gasteiger partial charge on any atom is 0.121 e. The first kappa shape index (κ1) is 8.69. The van der Waals surface area contributed by atoms with Crippen LogP contribution >= 0.6 is 0 Å². The Morgan fingerprint density at radius 1 is 1.46 bits per heavy atom. The Labute approximate surface area is 77.7 Å². The predicted molar refractivity (Wildman–Crippen MR) is 48.1 cm³/mol. The molecule has 1 N–H and O–H groups in total. The number of nitrogens with zero attached hydrogens (tertiary/aromatic N) is 2. The van der Waals surface area contributed by atoms with Gasteiger partial charge in [0.15, 0.2) is 0 Å². The molecule has 1 aliphatic carbocycles. The summed E-state index contributed by atoms with van der Waals surface area (Å²) in [5.41, 5.74) is 1.82. The van der Waals surface area contributed by atoms with Crippen molar-refractivity contribution in [1.29, 1.82) is 0 Å². The first-order chi connectivity index (χ1) is 6.27. The fourth-order valence-corrected chi connectivity index (χ4v) is 1.61. The van der Waals surface area contributed by atoms with E-state index in [9.17, 15) is 0 Å². The summed E-state index contributed by atoms with van der Waals surface area (Å²) in [6.45, 7) is 4.97. The van der Waals surface area contributed by atoms with E-state index in [1.165, 1.54) is 12.8 Å². The van der Waals surface area contributed by atoms with E-state index in [-0.39, 0.29) is 0 Å². The lowest BCUT2D eigenvalue weighted by molar-refractivity contribution is 0.225. The van der Waals surface area contributed by atoms with Crippen molar-refractivity contribution < 1.29 is 4.63 Å². The molecule has 0 aromatic carbocycles. The van der Waals surface area contributed by atoms with Gasteiger partial charge in [-0.3, -0.25) is 0 Å². The highest BCUT2D eigenvalue weighted by molar-refractivity contribution is 5.04. The number of aryl methyl sites for hydroxylation is 1. The number of hydrogen-bond donors (Lipinski definition) is 1. The minimum atomic E-state index is 0.663. The summed E-state index contributed by atoms with van der Waals surface area (Å²) in [6, 6.07) is 0.663. The molecule has 0 saturated heterocycles. The van der Waals surface area contributed by atoms with Crippen molar-refractivity contribution in [3.05, 3.63) is 11.4 Å². The van der Waals surface area contributed by atoms with Crippen molar-refractivity contribution in [3.63, 3.8) is 0 Å². The second kappa shape index (κ2) is 3.46. The van der Waals surface area contributed by atoms with Gasteiger partial charge in [-0.25, -0.2) is 4.63 Å². The van der Waals surface area contributed by atoms with Gasteiger partial charge in [-0.2, -0.15) is 0 Å². The topological polar surface area (TPSA) is 51.0 Å². The van der Waals surface area contributed by atoms with Gasteiger partial charge in [0.2, 0.25) is 0 Å². The fourth-order valence-electron chi connectivity index (χ4n) is 1.61. The van der Waals surface area contributed by atoms with Gasteiger partial charge in [0, 0.05) is 12.6 Å². The third-order valence-corrected chi connectivity index (χ3v) is 2.90. The average molecular weight is 181 g/mol. The van der Waals surface area contributed by atoms with Gasteiger partial charge in [-0.1, -0.05) is 17.2 Å². The number of aromatic nitrogens is 2.